The Hall–Kier alpha value is -9.98. The van der Waals surface area contributed by atoms with Crippen molar-refractivity contribution in [2.75, 3.05) is 107 Å². The summed E-state index contributed by atoms with van der Waals surface area (Å²) in [5, 5.41) is 61.8. The number of nitrogens with one attached hydrogen (secondary N) is 5. The van der Waals surface area contributed by atoms with Crippen LogP contribution in [-0.2, 0) is 96.0 Å². The van der Waals surface area contributed by atoms with E-state index in [1.807, 2.05) is 68.3 Å². The maximum atomic E-state index is 12.9. The summed E-state index contributed by atoms with van der Waals surface area (Å²) < 4.78 is 33.0. The Balaban J connectivity index is 0.000000174. The summed E-state index contributed by atoms with van der Waals surface area (Å²) in [6, 6.07) is 19.8. The first-order valence-corrected chi connectivity index (χ1v) is 57.6. The van der Waals surface area contributed by atoms with E-state index >= 15 is 0 Å². The molecule has 3 atom stereocenters. The summed E-state index contributed by atoms with van der Waals surface area (Å²) in [5.74, 6) is 3.85. The van der Waals surface area contributed by atoms with E-state index in [0.29, 0.717) is 161 Å². The fourth-order valence-electron chi connectivity index (χ4n) is 17.0. The molecule has 15 rings (SSSR count). The highest BCUT2D eigenvalue weighted by Crippen LogP contribution is 2.38. The second-order valence-corrected chi connectivity index (χ2v) is 51.7. The van der Waals surface area contributed by atoms with Crippen molar-refractivity contribution >= 4 is 115 Å². The van der Waals surface area contributed by atoms with Crippen LogP contribution in [0.2, 0.25) is 66.4 Å². The standard InChI is InChI=1S/C35H50ClN7O5Si.C29H36ClN7O4.C19H28ClN3O2Si.C16H23ClN4O3/c1-25(44)42-13-9-28(10-14-42)40-34-17-31(37-23-38-34)32(46)7-6-29(45)21-41-12-11-30-27(20-41)5-8-33(35(30)36)48-22-26-18-39-43(19-26)24-47-15-16-49(2,3)4;1-19(38)37-10-6-22(7-11-37)35-28-12-25(31-18-32-28)26(40)4-3-23(39)16-36-9-8-24-21(15-36)2-5-27(29(24)30)41-17-20-13-33-34-14-20;1-26(2,3)9-8-24-14-23-12-15(10-22-23)13-25-18-5-4-16-11-21-7-6-17(16)19(18)20;1-11(22)21-6-4-12(5-7-21)20-16-8-14(18-10-19-16)15(24)3-2-13(23)9-17/h5,8,17-19,23,28-29,45H,6-7,9-16,20-22,24H2,1-4H3,(H,37,38,40);2,5,12-14,18,22-23,39H,3-4,6-11,15-17H2,1H3,(H,33,34)(H,31,32,35);4-5,10,12,21H,6-9,11,13-14H2,1-3H3;8,10,12-13,23H,2-7,9H2,1H3,(H,18,19,20)/t29-;23-;;13-/m00.0/s1. The zero-order valence-corrected chi connectivity index (χ0v) is 87.0. The number of aliphatic hydroxyl groups is 3. The number of fused-ring (bicyclic) bond motifs is 3. The summed E-state index contributed by atoms with van der Waals surface area (Å²) in [6.07, 6.45) is 22.2. The summed E-state index contributed by atoms with van der Waals surface area (Å²) in [5.41, 5.74) is 10.7. The van der Waals surface area contributed by atoms with Gasteiger partial charge in [0.05, 0.1) is 52.0 Å². The van der Waals surface area contributed by atoms with E-state index < -0.39 is 34.5 Å². The van der Waals surface area contributed by atoms with E-state index in [0.717, 1.165) is 172 Å². The van der Waals surface area contributed by atoms with Gasteiger partial charge < -0.3 is 75.0 Å². The van der Waals surface area contributed by atoms with Gasteiger partial charge in [-0.3, -0.25) is 43.7 Å². The summed E-state index contributed by atoms with van der Waals surface area (Å²) in [6.45, 7) is 32.3. The van der Waals surface area contributed by atoms with E-state index in [-0.39, 0.29) is 78.3 Å². The van der Waals surface area contributed by atoms with Crippen molar-refractivity contribution in [1.29, 1.82) is 0 Å². The second kappa shape index (κ2) is 53.9. The molecule has 0 spiro atoms. The average Bonchev–Trinajstić information content (AvgIpc) is 0.863. The van der Waals surface area contributed by atoms with Crippen molar-refractivity contribution in [3.8, 4) is 17.2 Å². The number of likely N-dealkylation sites (tertiary alicyclic amines) is 3. The number of hydrogen-bond acceptors (Lipinski definition) is 29. The minimum absolute atomic E-state index is 0.0933. The molecule has 3 fully saturated rings. The molecule has 758 valence electrons. The van der Waals surface area contributed by atoms with Gasteiger partial charge in [-0.25, -0.2) is 39.3 Å². The molecule has 12 heterocycles. The Bertz CT molecular complexity index is 5520. The highest BCUT2D eigenvalue weighted by Gasteiger charge is 2.31. The lowest BCUT2D eigenvalue weighted by Crippen LogP contribution is -2.41. The van der Waals surface area contributed by atoms with Gasteiger partial charge in [0.15, 0.2) is 17.3 Å². The molecule has 6 aliphatic rings. The molecular formula is C99H137Cl4N21O14Si2. The fourth-order valence-corrected chi connectivity index (χ4v) is 19.7. The lowest BCUT2D eigenvalue weighted by molar-refractivity contribution is -0.130. The number of aromatic amines is 1. The van der Waals surface area contributed by atoms with Crippen LogP contribution in [0.25, 0.3) is 0 Å². The molecule has 0 saturated carbocycles. The number of rotatable bonds is 42. The first kappa shape index (κ1) is 109. The maximum absolute atomic E-state index is 12.9. The van der Waals surface area contributed by atoms with Crippen molar-refractivity contribution in [3.05, 3.63) is 193 Å². The highest BCUT2D eigenvalue weighted by molar-refractivity contribution is 6.76. The molecule has 9 aromatic rings. The second-order valence-electron chi connectivity index (χ2n) is 39.0. The number of ether oxygens (including phenoxy) is 5. The molecule has 0 radical (unpaired) electrons. The number of carbonyl (C=O) groups is 6. The molecule has 3 aromatic carbocycles. The Kier molecular flexibility index (Phi) is 41.9. The summed E-state index contributed by atoms with van der Waals surface area (Å²) in [4.78, 5) is 107. The van der Waals surface area contributed by atoms with Crippen LogP contribution < -0.4 is 35.5 Å². The minimum Gasteiger partial charge on any atom is -0.487 e. The van der Waals surface area contributed by atoms with Gasteiger partial charge in [0.2, 0.25) is 17.7 Å². The molecule has 6 aliphatic heterocycles. The molecule has 0 unspecified atom stereocenters. The fraction of sp³-hybridized carbons (Fsp3) is 0.545. The maximum Gasteiger partial charge on any atom is 0.219 e. The number of carbonyl (C=O) groups excluding carboxylic acids is 6. The van der Waals surface area contributed by atoms with Crippen molar-refractivity contribution in [1.82, 2.24) is 89.5 Å². The largest absolute Gasteiger partial charge is 0.487 e. The van der Waals surface area contributed by atoms with Gasteiger partial charge in [-0.05, 0) is 147 Å². The Morgan fingerprint density at radius 3 is 1.19 bits per heavy atom. The first-order chi connectivity index (χ1) is 67.2. The normalized spacial score (nSPS) is 16.1. The number of hydrogen-bond donors (Lipinski definition) is 8. The Morgan fingerprint density at radius 2 is 0.836 bits per heavy atom. The van der Waals surface area contributed by atoms with Gasteiger partial charge in [-0.2, -0.15) is 15.3 Å². The number of β-amino-alcohol motifs (C(OH)–C–C–N with tert-alkyl or cyclic N) is 2. The van der Waals surface area contributed by atoms with Crippen LogP contribution in [0.15, 0.2) is 111 Å². The molecule has 3 saturated heterocycles. The molecule has 35 nitrogen and oxygen atoms in total. The van der Waals surface area contributed by atoms with E-state index in [1.54, 1.807) is 62.2 Å². The van der Waals surface area contributed by atoms with E-state index in [1.165, 1.54) is 30.1 Å². The monoisotopic (exact) mass is 2040 g/mol. The third kappa shape index (κ3) is 35.0. The number of benzene rings is 3. The van der Waals surface area contributed by atoms with Gasteiger partial charge in [-0.1, -0.05) is 92.3 Å². The number of ketones is 3. The van der Waals surface area contributed by atoms with Crippen molar-refractivity contribution in [3.63, 3.8) is 0 Å². The summed E-state index contributed by atoms with van der Waals surface area (Å²) >= 11 is 25.5. The lowest BCUT2D eigenvalue weighted by atomic mass is 9.98. The Labute approximate surface area is 842 Å². The molecule has 8 N–H and O–H groups in total. The Morgan fingerprint density at radius 1 is 0.471 bits per heavy atom. The topological polar surface area (TPSA) is 415 Å². The van der Waals surface area contributed by atoms with Crippen LogP contribution in [-0.4, -0.2) is 278 Å². The molecule has 0 bridgehead atoms. The lowest BCUT2D eigenvalue weighted by Gasteiger charge is -2.32. The smallest absolute Gasteiger partial charge is 0.219 e. The molecule has 140 heavy (non-hydrogen) atoms. The molecule has 6 aromatic heterocycles. The third-order valence-electron chi connectivity index (χ3n) is 25.4. The number of halogens is 4. The number of aromatic nitrogens is 12. The predicted octanol–water partition coefficient (Wildman–Crippen LogP) is 13.8. The molecule has 41 heteroatoms. The van der Waals surface area contributed by atoms with Crippen LogP contribution in [0.3, 0.4) is 0 Å². The SMILES string of the molecule is CC(=O)N1CCC(Nc2cc(C(=O)CC[C@H](O)CCl)ncn2)CC1.CC(=O)N1CCC(Nc2cc(C(=O)CC[C@H](O)CN3CCc4c(ccc(OCc5cn[nH]c5)c4Cl)C3)ncn2)CC1.CC(=O)N1CCC(Nc2cc(C(=O)CC[C@H](O)CN3CCc4c(ccc(OCc5cnn(COCC[Si](C)(C)C)c5)c4Cl)C3)ncn2)CC1.C[Si](C)(C)CCOCn1cc(COc2ccc3c(c2Cl)CCNC3)cn1. The molecule has 0 aliphatic carbocycles. The van der Waals surface area contributed by atoms with Gasteiger partial charge in [0.1, 0.15) is 104 Å². The average molecular weight is 2040 g/mol. The van der Waals surface area contributed by atoms with E-state index in [9.17, 15) is 44.1 Å². The zero-order valence-electron chi connectivity index (χ0n) is 81.9. The number of anilines is 3. The van der Waals surface area contributed by atoms with E-state index in [4.69, 9.17) is 70.1 Å². The number of H-pyrrole nitrogens is 1. The quantitative estimate of drug-likeness (QED) is 0.00762. The van der Waals surface area contributed by atoms with Crippen molar-refractivity contribution in [2.24, 2.45) is 0 Å². The van der Waals surface area contributed by atoms with Crippen LogP contribution in [0.5, 0.6) is 17.2 Å². The number of nitrogens with zero attached hydrogens (tertiary/aromatic N) is 16. The van der Waals surface area contributed by atoms with E-state index in [2.05, 4.69) is 127 Å². The van der Waals surface area contributed by atoms with Gasteiger partial charge in [0.25, 0.3) is 0 Å². The molecule has 3 amide bonds. The van der Waals surface area contributed by atoms with Crippen LogP contribution in [0.1, 0.15) is 179 Å². The first-order valence-electron chi connectivity index (χ1n) is 48.5. The van der Waals surface area contributed by atoms with Gasteiger partial charge >= 0.3 is 0 Å². The third-order valence-corrected chi connectivity index (χ3v) is 30.4. The van der Waals surface area contributed by atoms with Crippen molar-refractivity contribution in [2.45, 2.75) is 258 Å². The van der Waals surface area contributed by atoms with Crippen LogP contribution >= 0.6 is 46.4 Å². The van der Waals surface area contributed by atoms with Crippen LogP contribution in [0.4, 0.5) is 17.5 Å². The molecular weight excluding hydrogens is 1910 g/mol. The predicted molar refractivity (Wildman–Crippen MR) is 544 cm³/mol. The summed E-state index contributed by atoms with van der Waals surface area (Å²) in [7, 11) is -2.17. The van der Waals surface area contributed by atoms with Gasteiger partial charge in [-0.15, -0.1) is 11.6 Å². The number of alkyl halides is 1. The zero-order chi connectivity index (χ0) is 99.8. The number of amides is 3. The number of Topliss-reactive ketones (excluding diaryl/α,β-unsaturated/α-hetero) is 3. The highest BCUT2D eigenvalue weighted by atomic mass is 35.5. The number of aliphatic hydroxyl groups excluding tert-OH is 3. The van der Waals surface area contributed by atoms with Crippen LogP contribution in [0, 0.1) is 0 Å². The minimum atomic E-state index is -1.12. The van der Waals surface area contributed by atoms with Crippen molar-refractivity contribution < 1.29 is 67.8 Å². The number of piperidine rings is 3. The van der Waals surface area contributed by atoms with Gasteiger partial charge in [0, 0.05) is 232 Å².